The van der Waals surface area contributed by atoms with Gasteiger partial charge in [-0.1, -0.05) is 36.4 Å². The highest BCUT2D eigenvalue weighted by Gasteiger charge is 2.17. The molecule has 13 nitrogen and oxygen atoms in total. The topological polar surface area (TPSA) is 145 Å². The quantitative estimate of drug-likeness (QED) is 0.251. The van der Waals surface area contributed by atoms with Crippen LogP contribution in [0.1, 0.15) is 44.9 Å². The monoisotopic (exact) mass is 620 g/mol. The summed E-state index contributed by atoms with van der Waals surface area (Å²) >= 11 is 0. The first-order valence-electron chi connectivity index (χ1n) is 15.0. The number of aryl methyl sites for hydroxylation is 5. The molecule has 2 amide bonds. The fraction of sp³-hybridized carbons (Fsp3) is 0.273. The predicted molar refractivity (Wildman–Crippen MR) is 173 cm³/mol. The Bertz CT molecular complexity index is 2280. The van der Waals surface area contributed by atoms with Crippen molar-refractivity contribution in [3.8, 4) is 0 Å². The number of para-hydroxylation sites is 3. The minimum atomic E-state index is -0.472. The molecule has 0 saturated heterocycles. The molecule has 13 heteroatoms. The number of carbonyl (C=O) groups excluding carboxylic acids is 2. The van der Waals surface area contributed by atoms with Crippen LogP contribution in [-0.4, -0.2) is 55.2 Å². The zero-order chi connectivity index (χ0) is 32.5. The summed E-state index contributed by atoms with van der Waals surface area (Å²) in [5.41, 5.74) is 7.34. The van der Waals surface area contributed by atoms with Gasteiger partial charge in [0.15, 0.2) is 5.69 Å². The minimum absolute atomic E-state index is 0.154. The molecule has 0 aliphatic rings. The molecule has 2 N–H and O–H groups in total. The summed E-state index contributed by atoms with van der Waals surface area (Å²) in [6.07, 6.45) is 3.99. The third-order valence-electron chi connectivity index (χ3n) is 8.00. The summed E-state index contributed by atoms with van der Waals surface area (Å²) in [5, 5.41) is 21.3. The van der Waals surface area contributed by atoms with Crippen molar-refractivity contribution in [2.45, 2.75) is 47.0 Å². The van der Waals surface area contributed by atoms with Crippen molar-refractivity contribution in [2.75, 3.05) is 0 Å². The molecule has 0 fully saturated rings. The van der Waals surface area contributed by atoms with Gasteiger partial charge in [-0.25, -0.2) is 0 Å². The van der Waals surface area contributed by atoms with Gasteiger partial charge < -0.3 is 23.4 Å². The number of rotatable bonds is 8. The first kappa shape index (κ1) is 30.5. The van der Waals surface area contributed by atoms with E-state index in [2.05, 4.69) is 25.3 Å². The number of amides is 2. The summed E-state index contributed by atoms with van der Waals surface area (Å²) in [6, 6.07) is 17.0. The smallest absolute Gasteiger partial charge is 0.300 e. The van der Waals surface area contributed by atoms with Crippen LogP contribution in [0.3, 0.4) is 0 Å². The number of carbonyl (C=O) groups is 2. The van der Waals surface area contributed by atoms with E-state index < -0.39 is 5.91 Å². The zero-order valence-corrected chi connectivity index (χ0v) is 26.5. The lowest BCUT2D eigenvalue weighted by atomic mass is 10.2. The number of imidazole rings is 2. The van der Waals surface area contributed by atoms with Crippen molar-refractivity contribution < 1.29 is 14.7 Å². The van der Waals surface area contributed by atoms with Gasteiger partial charge in [0.05, 0.1) is 34.4 Å². The molecule has 0 saturated carbocycles. The van der Waals surface area contributed by atoms with Gasteiger partial charge >= 0.3 is 5.91 Å². The number of nitrogens with zero attached hydrogens (tertiary/aromatic N) is 9. The van der Waals surface area contributed by atoms with E-state index in [1.807, 2.05) is 108 Å². The lowest BCUT2D eigenvalue weighted by molar-refractivity contribution is 0.0980. The number of nitrogens with one attached hydrogen (secondary N) is 1. The van der Waals surface area contributed by atoms with Crippen LogP contribution in [0.5, 0.6) is 0 Å². The highest BCUT2D eigenvalue weighted by Crippen LogP contribution is 2.18. The van der Waals surface area contributed by atoms with E-state index in [0.29, 0.717) is 36.6 Å². The predicted octanol–water partition coefficient (Wildman–Crippen LogP) is 3.06. The second kappa shape index (κ2) is 12.4. The summed E-state index contributed by atoms with van der Waals surface area (Å²) < 4.78 is 9.32. The van der Waals surface area contributed by atoms with Crippen molar-refractivity contribution >= 4 is 33.9 Å². The molecule has 0 atom stereocenters. The molecular weight excluding hydrogens is 584 g/mol. The number of benzene rings is 2. The Labute approximate surface area is 264 Å². The lowest BCUT2D eigenvalue weighted by Gasteiger charge is -2.04. The van der Waals surface area contributed by atoms with E-state index in [1.54, 1.807) is 16.8 Å². The van der Waals surface area contributed by atoms with Crippen molar-refractivity contribution in [3.05, 3.63) is 106 Å². The van der Waals surface area contributed by atoms with Crippen LogP contribution in [0.25, 0.3) is 22.1 Å². The van der Waals surface area contributed by atoms with Gasteiger partial charge in [-0.05, 0) is 51.1 Å². The van der Waals surface area contributed by atoms with Gasteiger partial charge in [-0.2, -0.15) is 20.2 Å². The number of aromatic nitrogens is 8. The Kier molecular flexibility index (Phi) is 8.24. The maximum absolute atomic E-state index is 13.4. The van der Waals surface area contributed by atoms with Gasteiger partial charge in [0.25, 0.3) is 5.91 Å². The Morgan fingerprint density at radius 1 is 0.870 bits per heavy atom. The van der Waals surface area contributed by atoms with E-state index in [0.717, 1.165) is 39.0 Å². The van der Waals surface area contributed by atoms with Crippen LogP contribution in [0.4, 0.5) is 0 Å². The third kappa shape index (κ3) is 5.45. The summed E-state index contributed by atoms with van der Waals surface area (Å²) in [4.78, 5) is 35.5. The molecule has 6 rings (SSSR count). The highest BCUT2D eigenvalue weighted by molar-refractivity contribution is 5.94. The largest absolute Gasteiger partial charge is 0.392 e. The zero-order valence-electron chi connectivity index (χ0n) is 26.5. The molecule has 0 unspecified atom stereocenters. The number of aromatic amines is 1. The second-order valence-corrected chi connectivity index (χ2v) is 11.1. The van der Waals surface area contributed by atoms with E-state index in [4.69, 9.17) is 0 Å². The number of allylic oxidation sites excluding steroid dienone is 2. The van der Waals surface area contributed by atoms with E-state index in [1.165, 1.54) is 0 Å². The number of fused-ring (bicyclic) bond motifs is 2. The maximum atomic E-state index is 13.4. The number of H-pyrrole nitrogens is 1. The minimum Gasteiger partial charge on any atom is -0.392 e. The number of aliphatic hydroxyl groups is 1. The molecule has 2 aromatic carbocycles. The van der Waals surface area contributed by atoms with Crippen molar-refractivity contribution in [3.63, 3.8) is 0 Å². The normalized spacial score (nSPS) is 12.8. The molecule has 4 heterocycles. The van der Waals surface area contributed by atoms with E-state index >= 15 is 0 Å². The molecule has 236 valence electrons. The van der Waals surface area contributed by atoms with Crippen molar-refractivity contribution in [1.29, 1.82) is 0 Å². The van der Waals surface area contributed by atoms with Crippen LogP contribution >= 0.6 is 0 Å². The summed E-state index contributed by atoms with van der Waals surface area (Å²) in [6.45, 7) is 6.86. The molecule has 0 spiro atoms. The molecule has 0 aliphatic carbocycles. The molecule has 46 heavy (non-hydrogen) atoms. The number of hydrogen-bond donors (Lipinski definition) is 2. The Morgan fingerprint density at radius 3 is 2.20 bits per heavy atom. The standard InChI is InChI=1S/C33H36N10O3/c1-6-43-28(19-22(3)38-43)31(46)35-32-39(4)25-13-7-8-14-26(25)41(32)16-9-10-17-42-27-15-11-12-23(20-44)29(27)40(5)33(42)34-30(45)24-18-21(2)36-37-24/h7-15,18-19,44H,6,16-17,20H2,1-5H3,(H,36,37)/b10-9+,34-33?,35-32?. The van der Waals surface area contributed by atoms with Crippen LogP contribution in [0, 0.1) is 13.8 Å². The average molecular weight is 621 g/mol. The number of hydrogen-bond acceptors (Lipinski definition) is 5. The average Bonchev–Trinajstić information content (AvgIpc) is 3.80. The highest BCUT2D eigenvalue weighted by atomic mass is 16.3. The molecule has 6 aromatic rings. The first-order valence-corrected chi connectivity index (χ1v) is 15.0. The first-order chi connectivity index (χ1) is 22.2. The van der Waals surface area contributed by atoms with E-state index in [9.17, 15) is 14.7 Å². The lowest BCUT2D eigenvalue weighted by Crippen LogP contribution is -2.27. The van der Waals surface area contributed by atoms with Crippen LogP contribution < -0.4 is 11.2 Å². The van der Waals surface area contributed by atoms with Crippen molar-refractivity contribution in [2.24, 2.45) is 24.1 Å². The Hall–Kier alpha value is -5.56. The van der Waals surface area contributed by atoms with Gasteiger partial charge in [0, 0.05) is 45.0 Å². The second-order valence-electron chi connectivity index (χ2n) is 11.1. The maximum Gasteiger partial charge on any atom is 0.300 e. The van der Waals surface area contributed by atoms with E-state index in [-0.39, 0.29) is 18.2 Å². The van der Waals surface area contributed by atoms with Gasteiger partial charge in [0.1, 0.15) is 5.69 Å². The van der Waals surface area contributed by atoms with Crippen LogP contribution in [-0.2, 0) is 40.3 Å². The van der Waals surface area contributed by atoms with Crippen LogP contribution in [0.15, 0.2) is 76.7 Å². The summed E-state index contributed by atoms with van der Waals surface area (Å²) in [7, 11) is 3.72. The molecule has 0 radical (unpaired) electrons. The molecule has 0 bridgehead atoms. The molecule has 0 aliphatic heterocycles. The van der Waals surface area contributed by atoms with Crippen LogP contribution in [0.2, 0.25) is 0 Å². The van der Waals surface area contributed by atoms with Crippen molar-refractivity contribution in [1.82, 2.24) is 38.2 Å². The summed E-state index contributed by atoms with van der Waals surface area (Å²) in [5.74, 6) is -0.833. The van der Waals surface area contributed by atoms with Gasteiger partial charge in [-0.3, -0.25) is 19.4 Å². The Morgan fingerprint density at radius 2 is 1.52 bits per heavy atom. The van der Waals surface area contributed by atoms with Gasteiger partial charge in [0.2, 0.25) is 11.2 Å². The fourth-order valence-electron chi connectivity index (χ4n) is 5.84. The fourth-order valence-corrected chi connectivity index (χ4v) is 5.84. The molecule has 4 aromatic heterocycles. The SMILES string of the molecule is CCn1nc(C)cc1C(=O)N=c1n(C)c2ccccc2n1C/C=C/Cn1c(=NC(=O)c2cc(C)[nH]n2)n(C)c2c(CO)cccc21. The third-order valence-corrected chi connectivity index (χ3v) is 8.00. The Balaban J connectivity index is 1.39. The number of aliphatic hydroxyl groups excluding tert-OH is 1. The van der Waals surface area contributed by atoms with Gasteiger partial charge in [-0.15, -0.1) is 0 Å². The molecular formula is C33H36N10O3.